The molecule has 142 valence electrons. The van der Waals surface area contributed by atoms with Crippen LogP contribution in [0.4, 0.5) is 5.69 Å². The zero-order valence-corrected chi connectivity index (χ0v) is 15.8. The molecule has 0 saturated heterocycles. The van der Waals surface area contributed by atoms with Crippen molar-refractivity contribution in [2.24, 2.45) is 11.1 Å². The number of nitro benzene ring substituents is 1. The van der Waals surface area contributed by atoms with E-state index in [1.54, 1.807) is 6.07 Å². The number of nitro groups is 1. The smallest absolute Gasteiger partial charge is 0.343 e. The number of esters is 1. The molecule has 0 radical (unpaired) electrons. The highest BCUT2D eigenvalue weighted by Crippen LogP contribution is 2.28. The highest BCUT2D eigenvalue weighted by Gasteiger charge is 2.20. The zero-order valence-electron chi connectivity index (χ0n) is 15.0. The fourth-order valence-corrected chi connectivity index (χ4v) is 2.28. The van der Waals surface area contributed by atoms with Gasteiger partial charge in [-0.3, -0.25) is 10.1 Å². The van der Waals surface area contributed by atoms with Crippen molar-refractivity contribution in [1.29, 1.82) is 0 Å². The molecule has 0 saturated carbocycles. The van der Waals surface area contributed by atoms with Gasteiger partial charge >= 0.3 is 11.7 Å². The molecule has 0 spiro atoms. The van der Waals surface area contributed by atoms with Crippen molar-refractivity contribution in [1.82, 2.24) is 4.90 Å². The quantitative estimate of drug-likeness (QED) is 0.399. The van der Waals surface area contributed by atoms with Crippen LogP contribution in [0, 0.1) is 15.5 Å². The molecule has 0 aliphatic heterocycles. The third-order valence-electron chi connectivity index (χ3n) is 3.50. The summed E-state index contributed by atoms with van der Waals surface area (Å²) in [7, 11) is 3.16. The molecule has 0 fully saturated rings. The predicted molar refractivity (Wildman–Crippen MR) is 97.0 cm³/mol. The molecule has 9 heteroatoms. The number of hydrogen-bond donors (Lipinski definition) is 1. The first-order chi connectivity index (χ1) is 11.2. The van der Waals surface area contributed by atoms with Gasteiger partial charge in [-0.2, -0.15) is 0 Å². The Labute approximate surface area is 153 Å². The first kappa shape index (κ1) is 23.1. The molecule has 0 aromatic heterocycles. The maximum atomic E-state index is 11.2. The molecule has 1 aromatic rings. The van der Waals surface area contributed by atoms with Gasteiger partial charge in [-0.15, -0.1) is 12.4 Å². The van der Waals surface area contributed by atoms with Crippen molar-refractivity contribution in [3.05, 3.63) is 33.9 Å². The molecule has 0 heterocycles. The molecule has 1 aromatic carbocycles. The minimum atomic E-state index is -0.600. The third kappa shape index (κ3) is 7.68. The Bertz CT molecular complexity index is 595. The molecule has 0 amide bonds. The highest BCUT2D eigenvalue weighted by atomic mass is 35.5. The Morgan fingerprint density at radius 3 is 2.56 bits per heavy atom. The monoisotopic (exact) mass is 375 g/mol. The molecule has 25 heavy (non-hydrogen) atoms. The largest absolute Gasteiger partial charge is 0.475 e. The van der Waals surface area contributed by atoms with E-state index in [0.29, 0.717) is 13.1 Å². The Balaban J connectivity index is 0.00000576. The zero-order chi connectivity index (χ0) is 18.3. The Kier molecular flexibility index (Phi) is 9.40. The average Bonchev–Trinajstić information content (AvgIpc) is 2.52. The van der Waals surface area contributed by atoms with E-state index in [4.69, 9.17) is 10.5 Å². The van der Waals surface area contributed by atoms with E-state index < -0.39 is 10.9 Å². The third-order valence-corrected chi connectivity index (χ3v) is 3.50. The lowest BCUT2D eigenvalue weighted by Gasteiger charge is -2.29. The molecule has 0 aliphatic carbocycles. The van der Waals surface area contributed by atoms with Crippen molar-refractivity contribution >= 4 is 24.1 Å². The number of nitrogens with zero attached hydrogens (tertiary/aromatic N) is 2. The topological polar surface area (TPSA) is 108 Å². The lowest BCUT2D eigenvalue weighted by atomic mass is 9.93. The SMILES string of the molecule is COC(=O)COc1ccc(CN(C)CC(C)(C)CN)cc1[N+](=O)[O-].Cl. The van der Waals surface area contributed by atoms with Gasteiger partial charge in [-0.1, -0.05) is 19.9 Å². The number of ether oxygens (including phenoxy) is 2. The van der Waals surface area contributed by atoms with Crippen LogP contribution in [0.3, 0.4) is 0 Å². The van der Waals surface area contributed by atoms with Crippen LogP contribution in [0.25, 0.3) is 0 Å². The van der Waals surface area contributed by atoms with Crippen molar-refractivity contribution in [3.8, 4) is 5.75 Å². The van der Waals surface area contributed by atoms with E-state index in [9.17, 15) is 14.9 Å². The molecule has 0 atom stereocenters. The molecule has 1 rings (SSSR count). The summed E-state index contributed by atoms with van der Waals surface area (Å²) in [6.45, 7) is 5.61. The number of hydrogen-bond acceptors (Lipinski definition) is 7. The summed E-state index contributed by atoms with van der Waals surface area (Å²) in [4.78, 5) is 23.9. The van der Waals surface area contributed by atoms with E-state index >= 15 is 0 Å². The van der Waals surface area contributed by atoms with Gasteiger partial charge in [-0.05, 0) is 30.6 Å². The summed E-state index contributed by atoms with van der Waals surface area (Å²) in [6, 6.07) is 4.70. The summed E-state index contributed by atoms with van der Waals surface area (Å²) >= 11 is 0. The summed E-state index contributed by atoms with van der Waals surface area (Å²) in [5.41, 5.74) is 6.30. The molecular weight excluding hydrogens is 350 g/mol. The number of benzene rings is 1. The van der Waals surface area contributed by atoms with Gasteiger partial charge in [-0.25, -0.2) is 4.79 Å². The number of rotatable bonds is 9. The number of nitrogens with two attached hydrogens (primary N) is 1. The minimum absolute atomic E-state index is 0. The van der Waals surface area contributed by atoms with Crippen LogP contribution in [-0.2, 0) is 16.1 Å². The summed E-state index contributed by atoms with van der Waals surface area (Å²) in [5.74, 6) is -0.559. The summed E-state index contributed by atoms with van der Waals surface area (Å²) in [5, 5.41) is 11.2. The Morgan fingerprint density at radius 1 is 1.40 bits per heavy atom. The van der Waals surface area contributed by atoms with Gasteiger partial charge in [0.25, 0.3) is 0 Å². The number of methoxy groups -OCH3 is 1. The molecule has 0 aliphatic rings. The number of carbonyl (C=O) groups is 1. The van der Waals surface area contributed by atoms with Gasteiger partial charge in [0.1, 0.15) is 0 Å². The van der Waals surface area contributed by atoms with Crippen molar-refractivity contribution in [2.75, 3.05) is 33.9 Å². The van der Waals surface area contributed by atoms with Crippen molar-refractivity contribution in [3.63, 3.8) is 0 Å². The first-order valence-corrected chi connectivity index (χ1v) is 7.54. The summed E-state index contributed by atoms with van der Waals surface area (Å²) < 4.78 is 9.62. The van der Waals surface area contributed by atoms with Gasteiger partial charge in [0.15, 0.2) is 12.4 Å². The lowest BCUT2D eigenvalue weighted by molar-refractivity contribution is -0.385. The van der Waals surface area contributed by atoms with E-state index in [2.05, 4.69) is 23.5 Å². The van der Waals surface area contributed by atoms with Gasteiger partial charge in [0, 0.05) is 19.2 Å². The maximum absolute atomic E-state index is 11.2. The van der Waals surface area contributed by atoms with E-state index in [0.717, 1.165) is 12.1 Å². The predicted octanol–water partition coefficient (Wildman–Crippen LogP) is 1.99. The van der Waals surface area contributed by atoms with Crippen LogP contribution in [0.15, 0.2) is 18.2 Å². The highest BCUT2D eigenvalue weighted by molar-refractivity contribution is 5.85. The average molecular weight is 376 g/mol. The van der Waals surface area contributed by atoms with Crippen LogP contribution in [0.1, 0.15) is 19.4 Å². The first-order valence-electron chi connectivity index (χ1n) is 7.54. The van der Waals surface area contributed by atoms with Crippen molar-refractivity contribution in [2.45, 2.75) is 20.4 Å². The van der Waals surface area contributed by atoms with Crippen LogP contribution in [0.2, 0.25) is 0 Å². The van der Waals surface area contributed by atoms with Crippen LogP contribution < -0.4 is 10.5 Å². The van der Waals surface area contributed by atoms with Gasteiger partial charge in [0.05, 0.1) is 12.0 Å². The van der Waals surface area contributed by atoms with E-state index in [1.165, 1.54) is 19.2 Å². The van der Waals surface area contributed by atoms with E-state index in [-0.39, 0.29) is 35.9 Å². The fraction of sp³-hybridized carbons (Fsp3) is 0.562. The number of halogens is 1. The lowest BCUT2D eigenvalue weighted by Crippen LogP contribution is -2.36. The second-order valence-corrected chi connectivity index (χ2v) is 6.46. The second kappa shape index (κ2) is 10.2. The van der Waals surface area contributed by atoms with Crippen LogP contribution >= 0.6 is 12.4 Å². The normalized spacial score (nSPS) is 11.0. The van der Waals surface area contributed by atoms with Gasteiger partial charge in [0.2, 0.25) is 0 Å². The summed E-state index contributed by atoms with van der Waals surface area (Å²) in [6.07, 6.45) is 0. The van der Waals surface area contributed by atoms with Crippen LogP contribution in [-0.4, -0.2) is 49.6 Å². The molecule has 2 N–H and O–H groups in total. The minimum Gasteiger partial charge on any atom is -0.475 e. The Hall–Kier alpha value is -1.90. The molecule has 0 bridgehead atoms. The second-order valence-electron chi connectivity index (χ2n) is 6.46. The fourth-order valence-electron chi connectivity index (χ4n) is 2.28. The molecule has 8 nitrogen and oxygen atoms in total. The van der Waals surface area contributed by atoms with E-state index in [1.807, 2.05) is 7.05 Å². The molecular formula is C16H26ClN3O5. The maximum Gasteiger partial charge on any atom is 0.343 e. The van der Waals surface area contributed by atoms with Gasteiger partial charge < -0.3 is 20.1 Å². The standard InChI is InChI=1S/C16H25N3O5.ClH/c1-16(2,10-17)11-18(3)8-12-5-6-14(13(7-12)19(21)22)24-9-15(20)23-4;/h5-7H,8-11,17H2,1-4H3;1H. The number of carbonyl (C=O) groups excluding carboxylic acids is 1. The Morgan fingerprint density at radius 2 is 2.04 bits per heavy atom. The van der Waals surface area contributed by atoms with Crippen molar-refractivity contribution < 1.29 is 19.2 Å². The van der Waals surface area contributed by atoms with Crippen LogP contribution in [0.5, 0.6) is 5.75 Å². The molecule has 0 unspecified atom stereocenters.